The van der Waals surface area contributed by atoms with Gasteiger partial charge in [-0.25, -0.2) is 0 Å². The summed E-state index contributed by atoms with van der Waals surface area (Å²) < 4.78 is 0. The molecule has 11 heavy (non-hydrogen) atoms. The molecular weight excluding hydrogens is 210 g/mol. The van der Waals surface area contributed by atoms with Crippen molar-refractivity contribution in [2.24, 2.45) is 5.92 Å². The molecule has 1 unspecified atom stereocenters. The van der Waals surface area contributed by atoms with E-state index in [0.717, 1.165) is 20.6 Å². The molecule has 0 heterocycles. The lowest BCUT2D eigenvalue weighted by molar-refractivity contribution is 0.559. The van der Waals surface area contributed by atoms with Crippen LogP contribution in [0.4, 0.5) is 0 Å². The van der Waals surface area contributed by atoms with Crippen LogP contribution in [0, 0.1) is 5.92 Å². The monoisotopic (exact) mass is 224 g/mol. The van der Waals surface area contributed by atoms with Crippen molar-refractivity contribution < 1.29 is 0 Å². The molecule has 0 aromatic carbocycles. The lowest BCUT2D eigenvalue weighted by Crippen LogP contribution is -1.95. The van der Waals surface area contributed by atoms with Crippen LogP contribution in [-0.4, -0.2) is 12.3 Å². The van der Waals surface area contributed by atoms with E-state index in [4.69, 9.17) is 23.6 Å². The fourth-order valence-corrected chi connectivity index (χ4v) is 2.83. The third-order valence-corrected chi connectivity index (χ3v) is 3.85. The summed E-state index contributed by atoms with van der Waals surface area (Å²) >= 11 is 9.72. The lowest BCUT2D eigenvalue weighted by Gasteiger charge is -2.05. The van der Waals surface area contributed by atoms with Gasteiger partial charge in [0.05, 0.1) is 0 Å². The summed E-state index contributed by atoms with van der Waals surface area (Å²) in [5, 5.41) is 0. The van der Waals surface area contributed by atoms with Gasteiger partial charge in [-0.1, -0.05) is 43.4 Å². The summed E-state index contributed by atoms with van der Waals surface area (Å²) in [7, 11) is 2.25. The minimum absolute atomic E-state index is 0.816. The van der Waals surface area contributed by atoms with Gasteiger partial charge in [0, 0.05) is 6.16 Å². The van der Waals surface area contributed by atoms with E-state index in [2.05, 4.69) is 6.92 Å². The molecule has 4 heteroatoms. The maximum atomic E-state index is 4.88. The smallest absolute Gasteiger partial charge is 0.00242 e. The van der Waals surface area contributed by atoms with Gasteiger partial charge in [-0.2, -0.15) is 0 Å². The van der Waals surface area contributed by atoms with Gasteiger partial charge in [0.15, 0.2) is 0 Å². The number of unbranched alkanes of at least 4 members (excludes halogenated alkanes) is 1. The minimum Gasteiger partial charge on any atom is -0.0618 e. The van der Waals surface area contributed by atoms with Crippen LogP contribution in [0.2, 0.25) is 0 Å². The first kappa shape index (κ1) is 12.0. The van der Waals surface area contributed by atoms with Crippen molar-refractivity contribution in [3.8, 4) is 0 Å². The van der Waals surface area contributed by atoms with Crippen molar-refractivity contribution in [2.45, 2.75) is 26.2 Å². The molecule has 64 valence electrons. The van der Waals surface area contributed by atoms with Gasteiger partial charge in [-0.15, -0.1) is 0 Å². The molecule has 0 radical (unpaired) electrons. The van der Waals surface area contributed by atoms with E-state index in [1.165, 1.54) is 31.6 Å². The van der Waals surface area contributed by atoms with Crippen molar-refractivity contribution in [1.29, 1.82) is 0 Å². The number of rotatable bonds is 7. The normalized spacial score (nSPS) is 13.9. The minimum atomic E-state index is 0.816. The van der Waals surface area contributed by atoms with Gasteiger partial charge in [-0.05, 0) is 33.2 Å². The summed E-state index contributed by atoms with van der Waals surface area (Å²) in [4.78, 5) is 0. The molecule has 0 amide bonds. The van der Waals surface area contributed by atoms with E-state index in [9.17, 15) is 0 Å². The maximum Gasteiger partial charge on any atom is 0.00242 e. The molecule has 0 aliphatic rings. The molecule has 0 rings (SSSR count). The summed E-state index contributed by atoms with van der Waals surface area (Å²) in [6, 6.07) is 0. The van der Waals surface area contributed by atoms with Crippen molar-refractivity contribution in [3.05, 3.63) is 0 Å². The van der Waals surface area contributed by atoms with E-state index in [1.807, 2.05) is 0 Å². The van der Waals surface area contributed by atoms with Crippen molar-refractivity contribution >= 4 is 38.3 Å². The van der Waals surface area contributed by atoms with Gasteiger partial charge in [-0.3, -0.25) is 0 Å². The van der Waals surface area contributed by atoms with Crippen molar-refractivity contribution in [1.82, 2.24) is 0 Å². The number of hydrogen-bond acceptors (Lipinski definition) is 2. The Morgan fingerprint density at radius 3 is 2.45 bits per heavy atom. The molecule has 0 bridgehead atoms. The topological polar surface area (TPSA) is 0 Å². The van der Waals surface area contributed by atoms with E-state index >= 15 is 0 Å². The van der Waals surface area contributed by atoms with Crippen LogP contribution in [0.3, 0.4) is 0 Å². The zero-order valence-electron chi connectivity index (χ0n) is 6.82. The standard InChI is InChI=1S/C7H14P2S2/c1-7(6-9-11)4-2-3-5-8-10/h7H,2-6H2,1H3. The van der Waals surface area contributed by atoms with Crippen LogP contribution in [0.25, 0.3) is 0 Å². The Balaban J connectivity index is 3.09. The molecule has 0 spiro atoms. The quantitative estimate of drug-likeness (QED) is 0.478. The fourth-order valence-electron chi connectivity index (χ4n) is 0.888. The van der Waals surface area contributed by atoms with Gasteiger partial charge >= 0.3 is 0 Å². The van der Waals surface area contributed by atoms with Crippen LogP contribution >= 0.6 is 14.7 Å². The number of hydrogen-bond donors (Lipinski definition) is 0. The lowest BCUT2D eigenvalue weighted by atomic mass is 10.1. The molecule has 0 aromatic heterocycles. The molecule has 0 saturated carbocycles. The summed E-state index contributed by atoms with van der Waals surface area (Å²) in [5.74, 6) is 0.816. The summed E-state index contributed by atoms with van der Waals surface area (Å²) in [6.45, 7) is 2.28. The van der Waals surface area contributed by atoms with Gasteiger partial charge < -0.3 is 0 Å². The Kier molecular flexibility index (Phi) is 9.99. The Hall–Kier alpha value is 1.04. The maximum absolute atomic E-state index is 4.88. The molecule has 0 aliphatic carbocycles. The first-order valence-electron chi connectivity index (χ1n) is 3.89. The zero-order valence-corrected chi connectivity index (χ0v) is 10.2. The van der Waals surface area contributed by atoms with E-state index in [1.54, 1.807) is 0 Å². The second-order valence-electron chi connectivity index (χ2n) is 2.77. The first-order chi connectivity index (χ1) is 5.31. The Bertz CT molecular complexity index is 117. The highest BCUT2D eigenvalue weighted by atomic mass is 32.4. The highest BCUT2D eigenvalue weighted by Crippen LogP contribution is 2.13. The van der Waals surface area contributed by atoms with Crippen LogP contribution in [-0.2, 0) is 23.6 Å². The Morgan fingerprint density at radius 1 is 1.18 bits per heavy atom. The Morgan fingerprint density at radius 2 is 1.91 bits per heavy atom. The average molecular weight is 224 g/mol. The molecule has 0 fully saturated rings. The van der Waals surface area contributed by atoms with Crippen LogP contribution in [0.1, 0.15) is 26.2 Å². The van der Waals surface area contributed by atoms with Crippen LogP contribution in [0.15, 0.2) is 0 Å². The molecular formula is C7H14P2S2. The molecule has 0 N–H and O–H groups in total. The average Bonchev–Trinajstić information content (AvgIpc) is 1.99. The predicted octanol–water partition coefficient (Wildman–Crippen LogP) is 3.61. The molecule has 0 aliphatic heterocycles. The molecule has 0 saturated heterocycles. The fraction of sp³-hybridized carbons (Fsp3) is 1.00. The third-order valence-electron chi connectivity index (χ3n) is 1.58. The van der Waals surface area contributed by atoms with Crippen LogP contribution < -0.4 is 0 Å². The first-order valence-corrected chi connectivity index (χ1v) is 8.08. The highest BCUT2D eigenvalue weighted by molar-refractivity contribution is 7.96. The SMILES string of the molecule is CC(CCCCP=S)CP=S. The third kappa shape index (κ3) is 8.95. The van der Waals surface area contributed by atoms with E-state index in [0.29, 0.717) is 0 Å². The largest absolute Gasteiger partial charge is 0.0618 e. The summed E-state index contributed by atoms with van der Waals surface area (Å²) in [5.41, 5.74) is 0. The second kappa shape index (κ2) is 9.13. The molecule has 0 aromatic rings. The predicted molar refractivity (Wildman–Crippen MR) is 61.3 cm³/mol. The second-order valence-corrected chi connectivity index (χ2v) is 5.64. The highest BCUT2D eigenvalue weighted by Gasteiger charge is 1.98. The zero-order chi connectivity index (χ0) is 8.53. The van der Waals surface area contributed by atoms with E-state index < -0.39 is 0 Å². The molecule has 1 atom stereocenters. The van der Waals surface area contributed by atoms with Crippen molar-refractivity contribution in [3.63, 3.8) is 0 Å². The van der Waals surface area contributed by atoms with Gasteiger partial charge in [0.25, 0.3) is 0 Å². The summed E-state index contributed by atoms with van der Waals surface area (Å²) in [6.07, 6.45) is 6.32. The van der Waals surface area contributed by atoms with Crippen LogP contribution in [0.5, 0.6) is 0 Å². The van der Waals surface area contributed by atoms with Crippen molar-refractivity contribution in [2.75, 3.05) is 12.3 Å². The van der Waals surface area contributed by atoms with E-state index in [-0.39, 0.29) is 0 Å². The Labute approximate surface area is 82.8 Å². The van der Waals surface area contributed by atoms with Gasteiger partial charge in [0.2, 0.25) is 0 Å². The molecule has 0 nitrogen and oxygen atoms in total. The van der Waals surface area contributed by atoms with Gasteiger partial charge in [0.1, 0.15) is 0 Å².